The van der Waals surface area contributed by atoms with E-state index in [1.165, 1.54) is 263 Å². The van der Waals surface area contributed by atoms with Gasteiger partial charge < -0.3 is 89.9 Å². The quantitative estimate of drug-likeness (QED) is 0.0199. The summed E-state index contributed by atoms with van der Waals surface area (Å²) in [6.07, 6.45) is 48.7. The lowest BCUT2D eigenvalue weighted by atomic mass is 9.96. The van der Waals surface area contributed by atoms with Crippen LogP contribution in [0, 0.1) is 0 Å². The van der Waals surface area contributed by atoms with Crippen LogP contribution in [0.1, 0.15) is 335 Å². The molecule has 1 amide bonds. The van der Waals surface area contributed by atoms with E-state index in [1.54, 1.807) is 6.08 Å². The van der Waals surface area contributed by atoms with Crippen molar-refractivity contribution in [1.82, 2.24) is 5.32 Å². The summed E-state index contributed by atoms with van der Waals surface area (Å²) >= 11 is 0. The second-order valence-electron chi connectivity index (χ2n) is 29.2. The number of unbranched alkanes of at least 4 members (excludes halogenated alkanes) is 45. The molecule has 582 valence electrons. The number of rotatable bonds is 65. The van der Waals surface area contributed by atoms with E-state index in [1.807, 2.05) is 6.08 Å². The zero-order valence-corrected chi connectivity index (χ0v) is 62.2. The van der Waals surface area contributed by atoms with Crippen molar-refractivity contribution in [3.8, 4) is 0 Å². The van der Waals surface area contributed by atoms with Gasteiger partial charge >= 0.3 is 0 Å². The SMILES string of the molecule is CCCCCCCCCC/C=C\CCCCCCCCCCCCCCCCCCCCCCCCCC(=O)NC(COC1OC(CO)C(OC2OC(CO)C(OC3OC(CO)C(O)C(O)C3O)C(O)C2O)C(O)C1O)C(O)/C=C/CC/C=C/CCCCCCCCCCCCCCC. The highest BCUT2D eigenvalue weighted by Crippen LogP contribution is 2.33. The summed E-state index contributed by atoms with van der Waals surface area (Å²) in [4.78, 5) is 13.5. The summed E-state index contributed by atoms with van der Waals surface area (Å²) < 4.78 is 34.4. The highest BCUT2D eigenvalue weighted by Gasteiger charge is 2.54. The minimum absolute atomic E-state index is 0.240. The Morgan fingerprint density at radius 3 is 1.01 bits per heavy atom. The fourth-order valence-corrected chi connectivity index (χ4v) is 13.9. The lowest BCUT2D eigenvalue weighted by Crippen LogP contribution is -2.66. The van der Waals surface area contributed by atoms with Gasteiger partial charge in [-0.15, -0.1) is 0 Å². The molecule has 0 aromatic rings. The molecule has 3 heterocycles. The Hall–Kier alpha value is -1.99. The fraction of sp³-hybridized carbons (Fsp3) is 0.912. The highest BCUT2D eigenvalue weighted by molar-refractivity contribution is 5.76. The van der Waals surface area contributed by atoms with Gasteiger partial charge in [-0.05, 0) is 57.8 Å². The number of nitrogens with one attached hydrogen (secondary N) is 1. The van der Waals surface area contributed by atoms with Crippen molar-refractivity contribution < 1.29 is 89.4 Å². The van der Waals surface area contributed by atoms with Gasteiger partial charge in [-0.2, -0.15) is 0 Å². The first-order valence-corrected chi connectivity index (χ1v) is 40.7. The predicted octanol–water partition coefficient (Wildman–Crippen LogP) is 13.5. The number of hydrogen-bond donors (Lipinski definition) is 12. The average Bonchev–Trinajstić information content (AvgIpc) is 0.784. The number of carbonyl (C=O) groups is 1. The summed E-state index contributed by atoms with van der Waals surface area (Å²) in [7, 11) is 0. The molecule has 3 saturated heterocycles. The molecule has 0 radical (unpaired) electrons. The van der Waals surface area contributed by atoms with Gasteiger partial charge in [0.2, 0.25) is 5.91 Å². The van der Waals surface area contributed by atoms with Gasteiger partial charge in [0.05, 0.1) is 38.6 Å². The predicted molar refractivity (Wildman–Crippen MR) is 393 cm³/mol. The van der Waals surface area contributed by atoms with Crippen LogP contribution in [-0.2, 0) is 33.2 Å². The third-order valence-electron chi connectivity index (χ3n) is 20.4. The van der Waals surface area contributed by atoms with Gasteiger partial charge in [0.1, 0.15) is 73.2 Å². The molecule has 99 heavy (non-hydrogen) atoms. The highest BCUT2D eigenvalue weighted by atomic mass is 16.8. The lowest BCUT2D eigenvalue weighted by Gasteiger charge is -2.48. The zero-order valence-electron chi connectivity index (χ0n) is 62.2. The third kappa shape index (κ3) is 41.5. The zero-order chi connectivity index (χ0) is 71.8. The molecule has 3 rings (SSSR count). The molecule has 3 fully saturated rings. The van der Waals surface area contributed by atoms with E-state index in [4.69, 9.17) is 28.4 Å². The van der Waals surface area contributed by atoms with Crippen LogP contribution < -0.4 is 5.32 Å². The van der Waals surface area contributed by atoms with Crippen molar-refractivity contribution in [2.24, 2.45) is 0 Å². The van der Waals surface area contributed by atoms with Crippen LogP contribution in [0.2, 0.25) is 0 Å². The summed E-state index contributed by atoms with van der Waals surface area (Å²) in [6.45, 7) is 1.76. The standard InChI is InChI=1S/C80H149NO18/c1-3-5-7-9-11-13-15-17-19-21-23-24-25-26-27-28-29-30-31-32-33-34-35-36-37-38-40-42-44-46-48-50-52-54-56-58-68(86)81-63(64(85)57-55-53-51-49-47-45-43-41-39-22-20-18-16-14-12-10-8-6-4-2)62-94-78-74(92)71(89)76(66(60-83)96-78)99-80-75(93)72(90)77(67(61-84)97-80)98-79-73(91)70(88)69(87)65(59-82)95-79/h21,23,47,49,55,57,63-67,69-80,82-85,87-93H,3-20,22,24-46,48,50-54,56,58-62H2,1-2H3,(H,81,86)/b23-21-,49-47+,57-55+. The molecule has 3 aliphatic rings. The van der Waals surface area contributed by atoms with Gasteiger partial charge in [0.15, 0.2) is 18.9 Å². The van der Waals surface area contributed by atoms with Crippen molar-refractivity contribution in [2.75, 3.05) is 26.4 Å². The molecule has 0 aliphatic carbocycles. The number of ether oxygens (including phenoxy) is 6. The Labute approximate surface area is 600 Å². The number of allylic oxidation sites excluding steroid dienone is 5. The molecule has 19 heteroatoms. The largest absolute Gasteiger partial charge is 0.394 e. The number of carbonyl (C=O) groups excluding carboxylic acids is 1. The van der Waals surface area contributed by atoms with Crippen molar-refractivity contribution in [2.45, 2.75) is 439 Å². The van der Waals surface area contributed by atoms with Crippen LogP contribution in [0.3, 0.4) is 0 Å². The average molecular weight is 1410 g/mol. The van der Waals surface area contributed by atoms with Crippen molar-refractivity contribution in [3.63, 3.8) is 0 Å². The van der Waals surface area contributed by atoms with E-state index < -0.39 is 124 Å². The van der Waals surface area contributed by atoms with E-state index >= 15 is 0 Å². The van der Waals surface area contributed by atoms with Gasteiger partial charge in [0, 0.05) is 6.42 Å². The van der Waals surface area contributed by atoms with Gasteiger partial charge in [-0.3, -0.25) is 4.79 Å². The smallest absolute Gasteiger partial charge is 0.220 e. The molecule has 3 aliphatic heterocycles. The van der Waals surface area contributed by atoms with Crippen LogP contribution in [-0.4, -0.2) is 193 Å². The Bertz CT molecular complexity index is 1930. The Morgan fingerprint density at radius 1 is 0.354 bits per heavy atom. The normalized spacial score (nSPS) is 26.7. The van der Waals surface area contributed by atoms with Gasteiger partial charge in [-0.1, -0.05) is 307 Å². The Balaban J connectivity index is 1.34. The number of aliphatic hydroxyl groups is 11. The maximum atomic E-state index is 13.5. The fourth-order valence-electron chi connectivity index (χ4n) is 13.9. The summed E-state index contributed by atoms with van der Waals surface area (Å²) in [5.41, 5.74) is 0. The van der Waals surface area contributed by atoms with E-state index in [9.17, 15) is 61.0 Å². The second kappa shape index (κ2) is 61.2. The monoisotopic (exact) mass is 1410 g/mol. The van der Waals surface area contributed by atoms with E-state index in [0.29, 0.717) is 12.8 Å². The molecule has 17 unspecified atom stereocenters. The van der Waals surface area contributed by atoms with Crippen LogP contribution in [0.25, 0.3) is 0 Å². The first kappa shape index (κ1) is 91.2. The maximum Gasteiger partial charge on any atom is 0.220 e. The molecule has 0 saturated carbocycles. The van der Waals surface area contributed by atoms with E-state index in [0.717, 1.165) is 38.5 Å². The van der Waals surface area contributed by atoms with E-state index in [2.05, 4.69) is 43.5 Å². The minimum atomic E-state index is -1.98. The number of hydrogen-bond acceptors (Lipinski definition) is 18. The molecule has 19 nitrogen and oxygen atoms in total. The van der Waals surface area contributed by atoms with E-state index in [-0.39, 0.29) is 18.9 Å². The summed E-state index contributed by atoms with van der Waals surface area (Å²) in [6, 6.07) is -0.989. The van der Waals surface area contributed by atoms with Crippen molar-refractivity contribution in [3.05, 3.63) is 36.5 Å². The van der Waals surface area contributed by atoms with Gasteiger partial charge in [0.25, 0.3) is 0 Å². The summed E-state index contributed by atoms with van der Waals surface area (Å²) in [5.74, 6) is -0.279. The molecule has 0 aromatic heterocycles. The Morgan fingerprint density at radius 2 is 0.646 bits per heavy atom. The lowest BCUT2D eigenvalue weighted by molar-refractivity contribution is -0.379. The molecule has 17 atom stereocenters. The van der Waals surface area contributed by atoms with Crippen molar-refractivity contribution in [1.29, 1.82) is 0 Å². The van der Waals surface area contributed by atoms with Crippen LogP contribution >= 0.6 is 0 Å². The Kier molecular flexibility index (Phi) is 56.4. The third-order valence-corrected chi connectivity index (χ3v) is 20.4. The van der Waals surface area contributed by atoms with Crippen molar-refractivity contribution >= 4 is 5.91 Å². The second-order valence-corrected chi connectivity index (χ2v) is 29.2. The van der Waals surface area contributed by atoms with Gasteiger partial charge in [-0.25, -0.2) is 0 Å². The van der Waals surface area contributed by atoms with Crippen LogP contribution in [0.4, 0.5) is 0 Å². The topological polar surface area (TPSA) is 307 Å². The molecule has 0 bridgehead atoms. The maximum absolute atomic E-state index is 13.5. The number of aliphatic hydroxyl groups excluding tert-OH is 11. The number of amides is 1. The molecule has 12 N–H and O–H groups in total. The molecule has 0 aromatic carbocycles. The molecular weight excluding hydrogens is 1260 g/mol. The first-order chi connectivity index (χ1) is 48.3. The summed E-state index contributed by atoms with van der Waals surface area (Å²) in [5, 5.41) is 121. The first-order valence-electron chi connectivity index (χ1n) is 40.7. The van der Waals surface area contributed by atoms with Crippen LogP contribution in [0.5, 0.6) is 0 Å². The molecular formula is C80H149NO18. The minimum Gasteiger partial charge on any atom is -0.394 e. The van der Waals surface area contributed by atoms with Crippen LogP contribution in [0.15, 0.2) is 36.5 Å². The molecule has 0 spiro atoms.